The summed E-state index contributed by atoms with van der Waals surface area (Å²) in [6, 6.07) is 14.0. The van der Waals surface area contributed by atoms with Gasteiger partial charge in [-0.05, 0) is 36.2 Å². The molecule has 1 saturated heterocycles. The fraction of sp³-hybridized carbons (Fsp3) is 0.368. The number of hydrogen-bond donors (Lipinski definition) is 0. The van der Waals surface area contributed by atoms with Crippen molar-refractivity contribution in [1.29, 1.82) is 0 Å². The largest absolute Gasteiger partial charge is 0.336 e. The highest BCUT2D eigenvalue weighted by Gasteiger charge is 2.22. The number of piperazine rings is 1. The van der Waals surface area contributed by atoms with Crippen LogP contribution in [0, 0.1) is 0 Å². The van der Waals surface area contributed by atoms with Crippen LogP contribution in [0.1, 0.15) is 28.5 Å². The molecular formula is C19H23N3O. The summed E-state index contributed by atoms with van der Waals surface area (Å²) >= 11 is 0. The maximum atomic E-state index is 12.6. The van der Waals surface area contributed by atoms with E-state index in [1.807, 2.05) is 53.6 Å². The van der Waals surface area contributed by atoms with Crippen LogP contribution in [-0.2, 0) is 13.0 Å². The lowest BCUT2D eigenvalue weighted by Crippen LogP contribution is -2.48. The van der Waals surface area contributed by atoms with Crippen LogP contribution in [0.4, 0.5) is 0 Å². The lowest BCUT2D eigenvalue weighted by Gasteiger charge is -2.34. The van der Waals surface area contributed by atoms with Crippen LogP contribution in [0.15, 0.2) is 48.7 Å². The lowest BCUT2D eigenvalue weighted by molar-refractivity contribution is 0.0627. The summed E-state index contributed by atoms with van der Waals surface area (Å²) in [4.78, 5) is 21.2. The second kappa shape index (κ2) is 7.38. The molecule has 2 heterocycles. The Morgan fingerprint density at radius 3 is 2.39 bits per heavy atom. The number of aryl methyl sites for hydroxylation is 1. The molecule has 1 aromatic heterocycles. The number of carbonyl (C=O) groups is 1. The van der Waals surface area contributed by atoms with Gasteiger partial charge in [0.1, 0.15) is 0 Å². The highest BCUT2D eigenvalue weighted by Crippen LogP contribution is 2.12. The average molecular weight is 309 g/mol. The number of hydrogen-bond acceptors (Lipinski definition) is 3. The van der Waals surface area contributed by atoms with E-state index in [1.165, 1.54) is 5.56 Å². The van der Waals surface area contributed by atoms with Crippen molar-refractivity contribution < 1.29 is 4.79 Å². The van der Waals surface area contributed by atoms with Crippen molar-refractivity contribution >= 4 is 5.91 Å². The Hall–Kier alpha value is -2.20. The predicted octanol–water partition coefficient (Wildman–Crippen LogP) is 2.60. The molecule has 0 aliphatic carbocycles. The molecule has 1 amide bonds. The van der Waals surface area contributed by atoms with E-state index in [0.717, 1.165) is 50.4 Å². The minimum atomic E-state index is 0.144. The summed E-state index contributed by atoms with van der Waals surface area (Å²) < 4.78 is 0. The zero-order valence-corrected chi connectivity index (χ0v) is 13.6. The second-order valence-electron chi connectivity index (χ2n) is 5.94. The smallest absolute Gasteiger partial charge is 0.253 e. The Morgan fingerprint density at radius 1 is 1.04 bits per heavy atom. The average Bonchev–Trinajstić information content (AvgIpc) is 2.63. The fourth-order valence-corrected chi connectivity index (χ4v) is 2.90. The highest BCUT2D eigenvalue weighted by molar-refractivity contribution is 5.94. The van der Waals surface area contributed by atoms with Crippen molar-refractivity contribution in [2.75, 3.05) is 26.2 Å². The number of rotatable bonds is 4. The van der Waals surface area contributed by atoms with Gasteiger partial charge in [0.2, 0.25) is 0 Å². The number of nitrogens with zero attached hydrogens (tertiary/aromatic N) is 3. The molecule has 2 aromatic rings. The van der Waals surface area contributed by atoms with Crippen LogP contribution in [0.5, 0.6) is 0 Å². The second-order valence-corrected chi connectivity index (χ2v) is 5.94. The molecule has 120 valence electrons. The van der Waals surface area contributed by atoms with Crippen molar-refractivity contribution in [2.45, 2.75) is 19.9 Å². The van der Waals surface area contributed by atoms with E-state index in [2.05, 4.69) is 16.8 Å². The van der Waals surface area contributed by atoms with Crippen LogP contribution in [0.3, 0.4) is 0 Å². The van der Waals surface area contributed by atoms with Crippen molar-refractivity contribution in [1.82, 2.24) is 14.8 Å². The first-order valence-corrected chi connectivity index (χ1v) is 8.26. The van der Waals surface area contributed by atoms with E-state index < -0.39 is 0 Å². The first-order valence-electron chi connectivity index (χ1n) is 8.26. The van der Waals surface area contributed by atoms with Crippen molar-refractivity contribution in [2.24, 2.45) is 0 Å². The van der Waals surface area contributed by atoms with Gasteiger partial charge in [0, 0.05) is 44.5 Å². The summed E-state index contributed by atoms with van der Waals surface area (Å²) in [5, 5.41) is 0. The molecule has 1 aliphatic heterocycles. The fourth-order valence-electron chi connectivity index (χ4n) is 2.90. The highest BCUT2D eigenvalue weighted by atomic mass is 16.2. The van der Waals surface area contributed by atoms with E-state index >= 15 is 0 Å². The standard InChI is InChI=1S/C19H23N3O/c1-2-16-6-8-17(9-7-16)19(23)22-13-11-21(12-14-22)15-18-5-3-4-10-20-18/h3-10H,2,11-15H2,1H3. The molecule has 4 nitrogen and oxygen atoms in total. The van der Waals surface area contributed by atoms with Crippen molar-refractivity contribution in [3.63, 3.8) is 0 Å². The van der Waals surface area contributed by atoms with Crippen LogP contribution in [-0.4, -0.2) is 46.9 Å². The third-order valence-corrected chi connectivity index (χ3v) is 4.38. The molecule has 1 fully saturated rings. The Balaban J connectivity index is 1.54. The summed E-state index contributed by atoms with van der Waals surface area (Å²) in [5.74, 6) is 0.144. The maximum Gasteiger partial charge on any atom is 0.253 e. The zero-order chi connectivity index (χ0) is 16.1. The van der Waals surface area contributed by atoms with Gasteiger partial charge >= 0.3 is 0 Å². The molecule has 0 unspecified atom stereocenters. The molecule has 3 rings (SSSR count). The van der Waals surface area contributed by atoms with Gasteiger partial charge in [-0.1, -0.05) is 25.1 Å². The van der Waals surface area contributed by atoms with Gasteiger partial charge in [-0.15, -0.1) is 0 Å². The minimum absolute atomic E-state index is 0.144. The lowest BCUT2D eigenvalue weighted by atomic mass is 10.1. The minimum Gasteiger partial charge on any atom is -0.336 e. The molecule has 0 bridgehead atoms. The quantitative estimate of drug-likeness (QED) is 0.871. The number of carbonyl (C=O) groups excluding carboxylic acids is 1. The zero-order valence-electron chi connectivity index (χ0n) is 13.6. The summed E-state index contributed by atoms with van der Waals surface area (Å²) in [5.41, 5.74) is 3.14. The number of amides is 1. The molecule has 0 spiro atoms. The molecule has 0 radical (unpaired) electrons. The van der Waals surface area contributed by atoms with E-state index in [1.54, 1.807) is 0 Å². The normalized spacial score (nSPS) is 15.6. The van der Waals surface area contributed by atoms with Gasteiger partial charge in [0.25, 0.3) is 5.91 Å². The third-order valence-electron chi connectivity index (χ3n) is 4.38. The van der Waals surface area contributed by atoms with Crippen LogP contribution in [0.25, 0.3) is 0 Å². The topological polar surface area (TPSA) is 36.4 Å². The molecule has 4 heteroatoms. The molecular weight excluding hydrogens is 286 g/mol. The summed E-state index contributed by atoms with van der Waals surface area (Å²) in [7, 11) is 0. The SMILES string of the molecule is CCc1ccc(C(=O)N2CCN(Cc3ccccn3)CC2)cc1. The van der Waals surface area contributed by atoms with E-state index in [9.17, 15) is 4.79 Å². The molecule has 1 aliphatic rings. The Labute approximate surface area is 137 Å². The molecule has 0 saturated carbocycles. The van der Waals surface area contributed by atoms with Crippen LogP contribution >= 0.6 is 0 Å². The third kappa shape index (κ3) is 3.96. The predicted molar refractivity (Wildman–Crippen MR) is 91.2 cm³/mol. The van der Waals surface area contributed by atoms with Gasteiger partial charge in [-0.25, -0.2) is 0 Å². The Kier molecular flexibility index (Phi) is 5.03. The Bertz CT molecular complexity index is 631. The van der Waals surface area contributed by atoms with Gasteiger partial charge in [0.15, 0.2) is 0 Å². The van der Waals surface area contributed by atoms with Gasteiger partial charge < -0.3 is 4.90 Å². The molecule has 23 heavy (non-hydrogen) atoms. The maximum absolute atomic E-state index is 12.6. The Morgan fingerprint density at radius 2 is 1.78 bits per heavy atom. The van der Waals surface area contributed by atoms with Crippen molar-refractivity contribution in [3.8, 4) is 0 Å². The number of aromatic nitrogens is 1. The van der Waals surface area contributed by atoms with E-state index in [0.29, 0.717) is 0 Å². The van der Waals surface area contributed by atoms with Gasteiger partial charge in [0.05, 0.1) is 5.69 Å². The number of benzene rings is 1. The molecule has 1 aromatic carbocycles. The van der Waals surface area contributed by atoms with Gasteiger partial charge in [-0.3, -0.25) is 14.7 Å². The summed E-state index contributed by atoms with van der Waals surface area (Å²) in [6.45, 7) is 6.33. The molecule has 0 atom stereocenters. The summed E-state index contributed by atoms with van der Waals surface area (Å²) in [6.07, 6.45) is 2.83. The first kappa shape index (κ1) is 15.7. The van der Waals surface area contributed by atoms with E-state index in [-0.39, 0.29) is 5.91 Å². The van der Waals surface area contributed by atoms with Gasteiger partial charge in [-0.2, -0.15) is 0 Å². The molecule has 0 N–H and O–H groups in total. The van der Waals surface area contributed by atoms with E-state index in [4.69, 9.17) is 0 Å². The van der Waals surface area contributed by atoms with Crippen LogP contribution in [0.2, 0.25) is 0 Å². The van der Waals surface area contributed by atoms with Crippen molar-refractivity contribution in [3.05, 3.63) is 65.5 Å². The number of pyridine rings is 1. The van der Waals surface area contributed by atoms with Crippen LogP contribution < -0.4 is 0 Å². The first-order chi connectivity index (χ1) is 11.3. The monoisotopic (exact) mass is 309 g/mol.